The summed E-state index contributed by atoms with van der Waals surface area (Å²) >= 11 is 0. The highest BCUT2D eigenvalue weighted by Gasteiger charge is 2.55. The minimum absolute atomic E-state index is 0.0616. The van der Waals surface area contributed by atoms with E-state index in [4.69, 9.17) is 5.73 Å². The number of nitro benzene ring substituents is 1. The Balaban J connectivity index is 0.842. The number of amides is 4. The highest BCUT2D eigenvalue weighted by Crippen LogP contribution is 2.52. The number of piperazine rings is 1. The van der Waals surface area contributed by atoms with Gasteiger partial charge in [0.25, 0.3) is 17.5 Å². The van der Waals surface area contributed by atoms with Gasteiger partial charge in [0, 0.05) is 76.2 Å². The minimum Gasteiger partial charge on any atom is -0.393 e. The Morgan fingerprint density at radius 2 is 1.60 bits per heavy atom. The molecule has 0 aromatic heterocycles. The number of anilines is 3. The summed E-state index contributed by atoms with van der Waals surface area (Å²) in [5.74, 6) is -0.126. The Bertz CT molecular complexity index is 1580. The van der Waals surface area contributed by atoms with Crippen molar-refractivity contribution in [3.8, 4) is 0 Å². The van der Waals surface area contributed by atoms with Crippen LogP contribution in [0.25, 0.3) is 0 Å². The highest BCUT2D eigenvalue weighted by molar-refractivity contribution is 6.23. The summed E-state index contributed by atoms with van der Waals surface area (Å²) in [7, 11) is 0. The number of hydrogen-bond donors (Lipinski definition) is 3. The normalized spacial score (nSPS) is 26.3. The number of piperidine rings is 2. The number of carbonyl (C=O) groups is 4. The third-order valence-electron chi connectivity index (χ3n) is 10.1. The van der Waals surface area contributed by atoms with E-state index in [9.17, 15) is 29.3 Å². The molecule has 4 heterocycles. The number of nitrogens with two attached hydrogens (primary N) is 1. The van der Waals surface area contributed by atoms with Crippen molar-refractivity contribution in [3.05, 3.63) is 57.6 Å². The number of fused-ring (bicyclic) bond motifs is 2. The molecule has 0 spiro atoms. The molecule has 45 heavy (non-hydrogen) atoms. The molecule has 2 aromatic carbocycles. The molecule has 1 saturated carbocycles. The summed E-state index contributed by atoms with van der Waals surface area (Å²) in [5, 5.41) is 16.9. The second-order valence-electron chi connectivity index (χ2n) is 12.6. The van der Waals surface area contributed by atoms with E-state index in [1.807, 2.05) is 6.07 Å². The van der Waals surface area contributed by atoms with Gasteiger partial charge < -0.3 is 20.9 Å². The molecule has 3 unspecified atom stereocenters. The van der Waals surface area contributed by atoms with Crippen LogP contribution in [-0.2, 0) is 9.59 Å². The summed E-state index contributed by atoms with van der Waals surface area (Å²) in [6, 6.07) is 9.30. The van der Waals surface area contributed by atoms with Crippen molar-refractivity contribution in [3.63, 3.8) is 0 Å². The third kappa shape index (κ3) is 5.37. The topological polar surface area (TPSA) is 174 Å². The molecular formula is C31H36N8O6. The lowest BCUT2D eigenvalue weighted by atomic mass is 10.0. The second-order valence-corrected chi connectivity index (χ2v) is 12.6. The van der Waals surface area contributed by atoms with E-state index < -0.39 is 28.7 Å². The van der Waals surface area contributed by atoms with E-state index in [1.54, 1.807) is 24.3 Å². The molecule has 3 saturated heterocycles. The summed E-state index contributed by atoms with van der Waals surface area (Å²) < 4.78 is 0. The maximum atomic E-state index is 13.2. The fraction of sp³-hybridized carbons (Fsp3) is 0.484. The van der Waals surface area contributed by atoms with Crippen LogP contribution < -0.4 is 26.2 Å². The summed E-state index contributed by atoms with van der Waals surface area (Å²) in [6.07, 6.45) is 0.242. The monoisotopic (exact) mass is 616 g/mol. The van der Waals surface area contributed by atoms with Gasteiger partial charge in [0.1, 0.15) is 11.7 Å². The van der Waals surface area contributed by atoms with Crippen molar-refractivity contribution in [2.24, 2.45) is 17.8 Å². The standard InChI is InChI=1S/C31H36N8O6/c32-25-14-19(2-4-26(25)39(44)45)36-11-9-35(10-12-36)8-7-33-15-22-23-16-37(17-24(22)23)18-1-3-20-21(13-18)31(43)38(30(20)42)27-5-6-28(40)34-29(27)41/h1-4,13-14,22-24,27,33H,5-12,15-17,32H2,(H,34,40,41). The van der Waals surface area contributed by atoms with Crippen LogP contribution in [0.1, 0.15) is 33.6 Å². The van der Waals surface area contributed by atoms with Crippen molar-refractivity contribution in [1.82, 2.24) is 20.4 Å². The van der Waals surface area contributed by atoms with Gasteiger partial charge in [-0.25, -0.2) is 0 Å². The number of carbonyl (C=O) groups excluding carboxylic acids is 4. The first-order valence-corrected chi connectivity index (χ1v) is 15.5. The second kappa shape index (κ2) is 11.4. The van der Waals surface area contributed by atoms with Gasteiger partial charge >= 0.3 is 0 Å². The summed E-state index contributed by atoms with van der Waals surface area (Å²) in [4.78, 5) is 68.6. The Morgan fingerprint density at radius 1 is 0.911 bits per heavy atom. The minimum atomic E-state index is -0.960. The van der Waals surface area contributed by atoms with Gasteiger partial charge in [0.05, 0.1) is 16.1 Å². The van der Waals surface area contributed by atoms with E-state index in [2.05, 4.69) is 25.3 Å². The first-order chi connectivity index (χ1) is 21.7. The van der Waals surface area contributed by atoms with Gasteiger partial charge in [-0.15, -0.1) is 0 Å². The fourth-order valence-electron chi connectivity index (χ4n) is 7.46. The molecule has 7 rings (SSSR count). The number of imide groups is 2. The Hall–Kier alpha value is -4.56. The highest BCUT2D eigenvalue weighted by atomic mass is 16.6. The lowest BCUT2D eigenvalue weighted by Crippen LogP contribution is -2.54. The maximum Gasteiger partial charge on any atom is 0.292 e. The van der Waals surface area contributed by atoms with E-state index in [1.165, 1.54) is 6.07 Å². The number of benzene rings is 2. The van der Waals surface area contributed by atoms with Crippen molar-refractivity contribution in [1.29, 1.82) is 0 Å². The van der Waals surface area contributed by atoms with Crippen LogP contribution in [0.5, 0.6) is 0 Å². The average molecular weight is 617 g/mol. The zero-order chi connectivity index (χ0) is 31.4. The van der Waals surface area contributed by atoms with Gasteiger partial charge in [-0.1, -0.05) is 0 Å². The lowest BCUT2D eigenvalue weighted by Gasteiger charge is -2.36. The molecule has 3 atom stereocenters. The number of nitrogens with zero attached hydrogens (tertiary/aromatic N) is 5. The molecule has 0 radical (unpaired) electrons. The molecular weight excluding hydrogens is 580 g/mol. The zero-order valence-corrected chi connectivity index (χ0v) is 24.8. The number of nitrogens with one attached hydrogen (secondary N) is 2. The van der Waals surface area contributed by atoms with Crippen molar-refractivity contribution in [2.75, 3.05) is 74.4 Å². The SMILES string of the molecule is Nc1cc(N2CCN(CCNCC3C4CN(c5ccc6c(c5)C(=O)N(C5CCC(=O)NC5=O)C6=O)CC34)CC2)ccc1[N+](=O)[O-]. The molecule has 4 aliphatic heterocycles. The van der Waals surface area contributed by atoms with Crippen LogP contribution in [0.4, 0.5) is 22.7 Å². The number of rotatable bonds is 9. The van der Waals surface area contributed by atoms with Gasteiger partial charge in [0.2, 0.25) is 11.8 Å². The van der Waals surface area contributed by atoms with Crippen LogP contribution >= 0.6 is 0 Å². The first kappa shape index (κ1) is 29.2. The van der Waals surface area contributed by atoms with Crippen molar-refractivity contribution in [2.45, 2.75) is 18.9 Å². The molecule has 2 aromatic rings. The van der Waals surface area contributed by atoms with Gasteiger partial charge in [-0.3, -0.25) is 44.4 Å². The van der Waals surface area contributed by atoms with Gasteiger partial charge in [-0.2, -0.15) is 0 Å². The molecule has 4 amide bonds. The van der Waals surface area contributed by atoms with E-state index in [-0.39, 0.29) is 30.1 Å². The number of nitrogen functional groups attached to an aromatic ring is 1. The number of nitro groups is 1. The third-order valence-corrected chi connectivity index (χ3v) is 10.1. The Labute approximate surface area is 259 Å². The summed E-state index contributed by atoms with van der Waals surface area (Å²) in [5.41, 5.74) is 8.44. The Kier molecular flexibility index (Phi) is 7.40. The van der Waals surface area contributed by atoms with Crippen LogP contribution in [0.3, 0.4) is 0 Å². The lowest BCUT2D eigenvalue weighted by molar-refractivity contribution is -0.383. The van der Waals surface area contributed by atoms with Crippen LogP contribution in [0.2, 0.25) is 0 Å². The maximum absolute atomic E-state index is 13.2. The molecule has 5 aliphatic rings. The largest absolute Gasteiger partial charge is 0.393 e. The van der Waals surface area contributed by atoms with Crippen molar-refractivity contribution < 1.29 is 24.1 Å². The summed E-state index contributed by atoms with van der Waals surface area (Å²) in [6.45, 7) is 8.19. The van der Waals surface area contributed by atoms with E-state index in [0.717, 1.165) is 75.2 Å². The molecule has 14 nitrogen and oxygen atoms in total. The first-order valence-electron chi connectivity index (χ1n) is 15.5. The molecule has 4 fully saturated rings. The van der Waals surface area contributed by atoms with Crippen LogP contribution in [-0.4, -0.2) is 103 Å². The predicted molar refractivity (Wildman–Crippen MR) is 165 cm³/mol. The van der Waals surface area contributed by atoms with E-state index in [0.29, 0.717) is 28.9 Å². The fourth-order valence-corrected chi connectivity index (χ4v) is 7.46. The molecule has 0 bridgehead atoms. The van der Waals surface area contributed by atoms with Crippen molar-refractivity contribution >= 4 is 46.4 Å². The van der Waals surface area contributed by atoms with Gasteiger partial charge in [-0.05, 0) is 61.1 Å². The van der Waals surface area contributed by atoms with Crippen LogP contribution in [0, 0.1) is 27.9 Å². The number of hydrogen-bond acceptors (Lipinski definition) is 11. The quantitative estimate of drug-likeness (QED) is 0.119. The molecule has 4 N–H and O–H groups in total. The predicted octanol–water partition coefficient (Wildman–Crippen LogP) is 0.672. The molecule has 236 valence electrons. The Morgan fingerprint density at radius 3 is 2.29 bits per heavy atom. The zero-order valence-electron chi connectivity index (χ0n) is 24.8. The van der Waals surface area contributed by atoms with E-state index >= 15 is 0 Å². The van der Waals surface area contributed by atoms with Crippen LogP contribution in [0.15, 0.2) is 36.4 Å². The molecule has 1 aliphatic carbocycles. The smallest absolute Gasteiger partial charge is 0.292 e. The van der Waals surface area contributed by atoms with Gasteiger partial charge in [0.15, 0.2) is 0 Å². The average Bonchev–Trinajstić information content (AvgIpc) is 3.34. The molecule has 14 heteroatoms.